The Bertz CT molecular complexity index is 496. The summed E-state index contributed by atoms with van der Waals surface area (Å²) in [7, 11) is 0. The van der Waals surface area contributed by atoms with E-state index in [2.05, 4.69) is 52.8 Å². The maximum atomic E-state index is 12.6. The molecule has 4 heteroatoms. The summed E-state index contributed by atoms with van der Waals surface area (Å²) in [5, 5.41) is 6.70. The van der Waals surface area contributed by atoms with E-state index in [-0.39, 0.29) is 11.4 Å². The number of rotatable bonds is 5. The average Bonchev–Trinajstić information content (AvgIpc) is 3.18. The SMILES string of the molecule is CCC1(C(=O)NC2CCN(Cc3ccccc3)C2)CCCN1. The Morgan fingerprint density at radius 3 is 2.91 bits per heavy atom. The number of hydrogen-bond acceptors (Lipinski definition) is 3. The third kappa shape index (κ3) is 3.33. The van der Waals surface area contributed by atoms with Gasteiger partial charge in [0.2, 0.25) is 5.91 Å². The van der Waals surface area contributed by atoms with Crippen molar-refractivity contribution >= 4 is 5.91 Å². The summed E-state index contributed by atoms with van der Waals surface area (Å²) in [6.45, 7) is 6.07. The zero-order valence-corrected chi connectivity index (χ0v) is 13.5. The van der Waals surface area contributed by atoms with E-state index in [0.717, 1.165) is 51.9 Å². The largest absolute Gasteiger partial charge is 0.350 e. The van der Waals surface area contributed by atoms with E-state index in [1.54, 1.807) is 0 Å². The Labute approximate surface area is 133 Å². The van der Waals surface area contributed by atoms with Gasteiger partial charge in [-0.25, -0.2) is 0 Å². The van der Waals surface area contributed by atoms with Crippen molar-refractivity contribution in [1.82, 2.24) is 15.5 Å². The summed E-state index contributed by atoms with van der Waals surface area (Å²) >= 11 is 0. The van der Waals surface area contributed by atoms with Gasteiger partial charge in [0, 0.05) is 25.7 Å². The second kappa shape index (κ2) is 6.80. The van der Waals surface area contributed by atoms with Gasteiger partial charge in [-0.3, -0.25) is 9.69 Å². The molecule has 0 bridgehead atoms. The normalized spacial score (nSPS) is 28.9. The standard InChI is InChI=1S/C18H27N3O/c1-2-18(10-6-11-19-18)17(22)20-16-9-12-21(14-16)13-15-7-4-3-5-8-15/h3-5,7-8,16,19H,2,6,9-14H2,1H3,(H,20,22). The maximum absolute atomic E-state index is 12.6. The van der Waals surface area contributed by atoms with Crippen molar-refractivity contribution in [2.24, 2.45) is 0 Å². The lowest BCUT2D eigenvalue weighted by Crippen LogP contribution is -2.55. The Hall–Kier alpha value is -1.39. The van der Waals surface area contributed by atoms with Crippen LogP contribution in [0, 0.1) is 0 Å². The first-order valence-corrected chi connectivity index (χ1v) is 8.54. The Balaban J connectivity index is 1.51. The fraction of sp³-hybridized carbons (Fsp3) is 0.611. The van der Waals surface area contributed by atoms with Crippen molar-refractivity contribution in [3.8, 4) is 0 Å². The number of carbonyl (C=O) groups excluding carboxylic acids is 1. The third-order valence-electron chi connectivity index (χ3n) is 5.14. The molecule has 22 heavy (non-hydrogen) atoms. The van der Waals surface area contributed by atoms with Gasteiger partial charge in [0.05, 0.1) is 5.54 Å². The molecule has 4 nitrogen and oxygen atoms in total. The first-order valence-electron chi connectivity index (χ1n) is 8.54. The van der Waals surface area contributed by atoms with Crippen LogP contribution in [0.1, 0.15) is 38.2 Å². The lowest BCUT2D eigenvalue weighted by molar-refractivity contribution is -0.127. The van der Waals surface area contributed by atoms with E-state index in [9.17, 15) is 4.79 Å². The van der Waals surface area contributed by atoms with Gasteiger partial charge in [-0.15, -0.1) is 0 Å². The summed E-state index contributed by atoms with van der Waals surface area (Å²) in [5.74, 6) is 0.207. The molecule has 0 radical (unpaired) electrons. The van der Waals surface area contributed by atoms with Crippen LogP contribution < -0.4 is 10.6 Å². The van der Waals surface area contributed by atoms with Crippen LogP contribution in [-0.2, 0) is 11.3 Å². The molecular formula is C18H27N3O. The first kappa shape index (κ1) is 15.5. The van der Waals surface area contributed by atoms with Crippen molar-refractivity contribution < 1.29 is 4.79 Å². The second-order valence-electron chi connectivity index (χ2n) is 6.65. The minimum absolute atomic E-state index is 0.207. The molecule has 1 aromatic carbocycles. The van der Waals surface area contributed by atoms with Crippen molar-refractivity contribution in [3.05, 3.63) is 35.9 Å². The summed E-state index contributed by atoms with van der Waals surface area (Å²) in [6.07, 6.45) is 4.00. The highest BCUT2D eigenvalue weighted by Gasteiger charge is 2.40. The smallest absolute Gasteiger partial charge is 0.240 e. The number of nitrogens with one attached hydrogen (secondary N) is 2. The minimum Gasteiger partial charge on any atom is -0.350 e. The van der Waals surface area contributed by atoms with Crippen LogP contribution in [-0.4, -0.2) is 42.0 Å². The van der Waals surface area contributed by atoms with E-state index in [4.69, 9.17) is 0 Å². The first-order chi connectivity index (χ1) is 10.7. The van der Waals surface area contributed by atoms with Gasteiger partial charge in [-0.2, -0.15) is 0 Å². The molecule has 0 saturated carbocycles. The van der Waals surface area contributed by atoms with Crippen molar-refractivity contribution in [2.45, 2.75) is 50.7 Å². The van der Waals surface area contributed by atoms with Crippen molar-refractivity contribution in [2.75, 3.05) is 19.6 Å². The highest BCUT2D eigenvalue weighted by molar-refractivity contribution is 5.86. The summed E-state index contributed by atoms with van der Waals surface area (Å²) < 4.78 is 0. The van der Waals surface area contributed by atoms with Crippen molar-refractivity contribution in [3.63, 3.8) is 0 Å². The van der Waals surface area contributed by atoms with E-state index >= 15 is 0 Å². The molecule has 0 aliphatic carbocycles. The molecule has 2 heterocycles. The topological polar surface area (TPSA) is 44.4 Å². The number of nitrogens with zero attached hydrogens (tertiary/aromatic N) is 1. The molecule has 1 amide bonds. The van der Waals surface area contributed by atoms with E-state index in [0.29, 0.717) is 6.04 Å². The molecule has 0 aromatic heterocycles. The summed E-state index contributed by atoms with van der Waals surface area (Å²) in [6, 6.07) is 10.8. The molecule has 3 rings (SSSR count). The predicted molar refractivity (Wildman–Crippen MR) is 88.5 cm³/mol. The highest BCUT2D eigenvalue weighted by atomic mass is 16.2. The molecule has 1 aromatic rings. The monoisotopic (exact) mass is 301 g/mol. The molecule has 2 unspecified atom stereocenters. The molecule has 120 valence electrons. The molecule has 0 spiro atoms. The average molecular weight is 301 g/mol. The minimum atomic E-state index is -0.313. The van der Waals surface area contributed by atoms with Gasteiger partial charge in [-0.05, 0) is 37.8 Å². The van der Waals surface area contributed by atoms with Crippen LogP contribution in [0.5, 0.6) is 0 Å². The van der Waals surface area contributed by atoms with E-state index in [1.165, 1.54) is 5.56 Å². The number of benzene rings is 1. The lowest BCUT2D eigenvalue weighted by atomic mass is 9.93. The van der Waals surface area contributed by atoms with Gasteiger partial charge >= 0.3 is 0 Å². The second-order valence-corrected chi connectivity index (χ2v) is 6.65. The van der Waals surface area contributed by atoms with Gasteiger partial charge in [0.15, 0.2) is 0 Å². The van der Waals surface area contributed by atoms with Crippen molar-refractivity contribution in [1.29, 1.82) is 0 Å². The predicted octanol–water partition coefficient (Wildman–Crippen LogP) is 1.91. The van der Waals surface area contributed by atoms with Gasteiger partial charge in [0.25, 0.3) is 0 Å². The summed E-state index contributed by atoms with van der Waals surface area (Å²) in [5.41, 5.74) is 1.03. The Morgan fingerprint density at radius 1 is 1.41 bits per heavy atom. The molecule has 2 aliphatic heterocycles. The van der Waals surface area contributed by atoms with Crippen LogP contribution in [0.3, 0.4) is 0 Å². The Kier molecular flexibility index (Phi) is 4.79. The fourth-order valence-corrected chi connectivity index (χ4v) is 3.72. The van der Waals surface area contributed by atoms with E-state index in [1.807, 2.05) is 0 Å². The number of carbonyl (C=O) groups is 1. The zero-order valence-electron chi connectivity index (χ0n) is 13.5. The molecule has 2 atom stereocenters. The van der Waals surface area contributed by atoms with E-state index < -0.39 is 0 Å². The van der Waals surface area contributed by atoms with Crippen LogP contribution in [0.2, 0.25) is 0 Å². The summed E-state index contributed by atoms with van der Waals surface area (Å²) in [4.78, 5) is 15.1. The molecule has 2 fully saturated rings. The number of amides is 1. The van der Waals surface area contributed by atoms with Crippen LogP contribution in [0.25, 0.3) is 0 Å². The molecule has 2 aliphatic rings. The zero-order chi connectivity index (χ0) is 15.4. The quantitative estimate of drug-likeness (QED) is 0.873. The Morgan fingerprint density at radius 2 is 2.23 bits per heavy atom. The van der Waals surface area contributed by atoms with Gasteiger partial charge in [0.1, 0.15) is 0 Å². The molecule has 2 saturated heterocycles. The van der Waals surface area contributed by atoms with Crippen LogP contribution in [0.4, 0.5) is 0 Å². The highest BCUT2D eigenvalue weighted by Crippen LogP contribution is 2.24. The maximum Gasteiger partial charge on any atom is 0.240 e. The van der Waals surface area contributed by atoms with Gasteiger partial charge in [-0.1, -0.05) is 37.3 Å². The number of hydrogen-bond donors (Lipinski definition) is 2. The molecule has 2 N–H and O–H groups in total. The van der Waals surface area contributed by atoms with Gasteiger partial charge < -0.3 is 10.6 Å². The molecular weight excluding hydrogens is 274 g/mol. The number of likely N-dealkylation sites (tertiary alicyclic amines) is 1. The third-order valence-corrected chi connectivity index (χ3v) is 5.14. The van der Waals surface area contributed by atoms with Crippen LogP contribution in [0.15, 0.2) is 30.3 Å². The van der Waals surface area contributed by atoms with Crippen LogP contribution >= 0.6 is 0 Å². The fourth-order valence-electron chi connectivity index (χ4n) is 3.72. The lowest BCUT2D eigenvalue weighted by Gasteiger charge is -2.28.